The number of carbonyl (C=O) groups is 1. The summed E-state index contributed by atoms with van der Waals surface area (Å²) in [6.45, 7) is 2.03. The fourth-order valence-electron chi connectivity index (χ4n) is 2.31. The van der Waals surface area contributed by atoms with Crippen molar-refractivity contribution in [2.75, 3.05) is 7.11 Å². The molecular formula is C15H16O3. The fraction of sp³-hybridized carbons (Fsp3) is 0.267. The molecule has 0 saturated heterocycles. The number of aliphatic carboxylic acids is 1. The first kappa shape index (κ1) is 12.4. The van der Waals surface area contributed by atoms with Gasteiger partial charge in [0.05, 0.1) is 13.5 Å². The van der Waals surface area contributed by atoms with Gasteiger partial charge in [0, 0.05) is 5.39 Å². The van der Waals surface area contributed by atoms with E-state index in [1.807, 2.05) is 37.3 Å². The molecule has 0 unspecified atom stereocenters. The first-order chi connectivity index (χ1) is 8.67. The Labute approximate surface area is 106 Å². The summed E-state index contributed by atoms with van der Waals surface area (Å²) < 4.78 is 5.31. The Morgan fingerprint density at radius 2 is 2.00 bits per heavy atom. The standard InChI is InChI=1S/C15H16O3/c1-3-10-7-8-12-11(13(10)9-15(16)17)5-4-6-14(12)18-2/h4-8H,3,9H2,1-2H3,(H,16,17). The van der Waals surface area contributed by atoms with E-state index in [0.29, 0.717) is 0 Å². The Morgan fingerprint density at radius 1 is 1.22 bits per heavy atom. The van der Waals surface area contributed by atoms with Crippen molar-refractivity contribution in [2.45, 2.75) is 19.8 Å². The van der Waals surface area contributed by atoms with Crippen molar-refractivity contribution in [1.29, 1.82) is 0 Å². The molecule has 1 N–H and O–H groups in total. The summed E-state index contributed by atoms with van der Waals surface area (Å²) in [5, 5.41) is 11.0. The summed E-state index contributed by atoms with van der Waals surface area (Å²) in [5.41, 5.74) is 1.97. The number of aryl methyl sites for hydroxylation is 1. The van der Waals surface area contributed by atoms with Crippen LogP contribution in [0.25, 0.3) is 10.8 Å². The third kappa shape index (κ3) is 2.16. The highest BCUT2D eigenvalue weighted by Gasteiger charge is 2.12. The molecule has 18 heavy (non-hydrogen) atoms. The van der Waals surface area contributed by atoms with E-state index in [1.54, 1.807) is 7.11 Å². The molecular weight excluding hydrogens is 228 g/mol. The highest BCUT2D eigenvalue weighted by atomic mass is 16.5. The van der Waals surface area contributed by atoms with E-state index in [0.717, 1.165) is 34.1 Å². The maximum atomic E-state index is 11.0. The highest BCUT2D eigenvalue weighted by molar-refractivity contribution is 5.93. The Hall–Kier alpha value is -2.03. The zero-order valence-corrected chi connectivity index (χ0v) is 10.6. The van der Waals surface area contributed by atoms with Gasteiger partial charge in [-0.3, -0.25) is 4.79 Å². The first-order valence-corrected chi connectivity index (χ1v) is 5.96. The summed E-state index contributed by atoms with van der Waals surface area (Å²) in [4.78, 5) is 11.0. The Kier molecular flexibility index (Phi) is 3.51. The van der Waals surface area contributed by atoms with Crippen LogP contribution in [0.1, 0.15) is 18.1 Å². The minimum absolute atomic E-state index is 0.0493. The lowest BCUT2D eigenvalue weighted by atomic mass is 9.95. The molecule has 0 radical (unpaired) electrons. The third-order valence-electron chi connectivity index (χ3n) is 3.16. The Bertz CT molecular complexity index is 588. The monoisotopic (exact) mass is 244 g/mol. The number of benzene rings is 2. The average molecular weight is 244 g/mol. The normalized spacial score (nSPS) is 10.6. The van der Waals surface area contributed by atoms with E-state index in [-0.39, 0.29) is 6.42 Å². The predicted molar refractivity (Wildman–Crippen MR) is 71.2 cm³/mol. The number of carboxylic acid groups (broad SMARTS) is 1. The lowest BCUT2D eigenvalue weighted by Gasteiger charge is -2.12. The summed E-state index contributed by atoms with van der Waals surface area (Å²) in [6, 6.07) is 9.72. The maximum Gasteiger partial charge on any atom is 0.307 e. The second-order valence-electron chi connectivity index (χ2n) is 4.18. The number of hydrogen-bond donors (Lipinski definition) is 1. The molecule has 2 aromatic carbocycles. The van der Waals surface area contributed by atoms with Crippen LogP contribution in [0.5, 0.6) is 5.75 Å². The third-order valence-corrected chi connectivity index (χ3v) is 3.16. The van der Waals surface area contributed by atoms with Gasteiger partial charge in [-0.05, 0) is 29.0 Å². The van der Waals surface area contributed by atoms with Crippen LogP contribution in [0.4, 0.5) is 0 Å². The Balaban J connectivity index is 2.73. The molecule has 0 aliphatic rings. The molecule has 0 amide bonds. The predicted octanol–water partition coefficient (Wildman–Crippen LogP) is 3.04. The van der Waals surface area contributed by atoms with Crippen LogP contribution in [0.15, 0.2) is 30.3 Å². The second kappa shape index (κ2) is 5.08. The summed E-state index contributed by atoms with van der Waals surface area (Å²) in [7, 11) is 1.62. The van der Waals surface area contributed by atoms with Gasteiger partial charge in [-0.2, -0.15) is 0 Å². The molecule has 2 aromatic rings. The van der Waals surface area contributed by atoms with Crippen molar-refractivity contribution >= 4 is 16.7 Å². The number of rotatable bonds is 4. The van der Waals surface area contributed by atoms with Gasteiger partial charge < -0.3 is 9.84 Å². The first-order valence-electron chi connectivity index (χ1n) is 5.96. The van der Waals surface area contributed by atoms with Crippen LogP contribution in [-0.2, 0) is 17.6 Å². The number of methoxy groups -OCH3 is 1. The zero-order valence-electron chi connectivity index (χ0n) is 10.6. The van der Waals surface area contributed by atoms with Gasteiger partial charge in [-0.15, -0.1) is 0 Å². The minimum atomic E-state index is -0.806. The molecule has 2 rings (SSSR count). The lowest BCUT2D eigenvalue weighted by Crippen LogP contribution is -2.04. The van der Waals surface area contributed by atoms with E-state index >= 15 is 0 Å². The molecule has 0 fully saturated rings. The topological polar surface area (TPSA) is 46.5 Å². The second-order valence-corrected chi connectivity index (χ2v) is 4.18. The van der Waals surface area contributed by atoms with Crippen LogP contribution < -0.4 is 4.74 Å². The van der Waals surface area contributed by atoms with E-state index in [9.17, 15) is 4.79 Å². The summed E-state index contributed by atoms with van der Waals surface area (Å²) >= 11 is 0. The van der Waals surface area contributed by atoms with E-state index in [2.05, 4.69) is 0 Å². The fourth-order valence-corrected chi connectivity index (χ4v) is 2.31. The van der Waals surface area contributed by atoms with Gasteiger partial charge in [0.25, 0.3) is 0 Å². The van der Waals surface area contributed by atoms with Crippen molar-refractivity contribution in [1.82, 2.24) is 0 Å². The molecule has 0 aliphatic heterocycles. The van der Waals surface area contributed by atoms with E-state index < -0.39 is 5.97 Å². The number of carboxylic acids is 1. The van der Waals surface area contributed by atoms with Crippen molar-refractivity contribution in [2.24, 2.45) is 0 Å². The van der Waals surface area contributed by atoms with Gasteiger partial charge in [-0.1, -0.05) is 31.2 Å². The molecule has 0 atom stereocenters. The van der Waals surface area contributed by atoms with Crippen LogP contribution in [0.2, 0.25) is 0 Å². The van der Waals surface area contributed by atoms with Crippen molar-refractivity contribution in [3.8, 4) is 5.75 Å². The molecule has 94 valence electrons. The molecule has 3 nitrogen and oxygen atoms in total. The molecule has 0 spiro atoms. The zero-order chi connectivity index (χ0) is 13.1. The summed E-state index contributed by atoms with van der Waals surface area (Å²) in [5.74, 6) is -0.0261. The quantitative estimate of drug-likeness (QED) is 0.899. The highest BCUT2D eigenvalue weighted by Crippen LogP contribution is 2.30. The molecule has 3 heteroatoms. The molecule has 0 saturated carbocycles. The van der Waals surface area contributed by atoms with E-state index in [1.165, 1.54) is 0 Å². The lowest BCUT2D eigenvalue weighted by molar-refractivity contribution is -0.136. The molecule has 0 aromatic heterocycles. The average Bonchev–Trinajstić information content (AvgIpc) is 2.37. The largest absolute Gasteiger partial charge is 0.496 e. The van der Waals surface area contributed by atoms with Crippen molar-refractivity contribution < 1.29 is 14.6 Å². The summed E-state index contributed by atoms with van der Waals surface area (Å²) in [6.07, 6.45) is 0.878. The Morgan fingerprint density at radius 3 is 2.61 bits per heavy atom. The molecule has 0 heterocycles. The van der Waals surface area contributed by atoms with Gasteiger partial charge in [-0.25, -0.2) is 0 Å². The number of hydrogen-bond acceptors (Lipinski definition) is 2. The van der Waals surface area contributed by atoms with Gasteiger partial charge in [0.1, 0.15) is 5.75 Å². The van der Waals surface area contributed by atoms with E-state index in [4.69, 9.17) is 9.84 Å². The van der Waals surface area contributed by atoms with Gasteiger partial charge in [0.2, 0.25) is 0 Å². The number of ether oxygens (including phenoxy) is 1. The van der Waals surface area contributed by atoms with Crippen LogP contribution in [0, 0.1) is 0 Å². The minimum Gasteiger partial charge on any atom is -0.496 e. The van der Waals surface area contributed by atoms with Crippen LogP contribution >= 0.6 is 0 Å². The van der Waals surface area contributed by atoms with Crippen molar-refractivity contribution in [3.63, 3.8) is 0 Å². The van der Waals surface area contributed by atoms with Gasteiger partial charge in [0.15, 0.2) is 0 Å². The molecule has 0 bridgehead atoms. The van der Waals surface area contributed by atoms with Crippen LogP contribution in [-0.4, -0.2) is 18.2 Å². The number of fused-ring (bicyclic) bond motifs is 1. The van der Waals surface area contributed by atoms with Gasteiger partial charge >= 0.3 is 5.97 Å². The smallest absolute Gasteiger partial charge is 0.307 e. The molecule has 0 aliphatic carbocycles. The maximum absolute atomic E-state index is 11.0. The van der Waals surface area contributed by atoms with Crippen LogP contribution in [0.3, 0.4) is 0 Å². The SMILES string of the molecule is CCc1ccc2c(OC)cccc2c1CC(=O)O. The van der Waals surface area contributed by atoms with Crippen molar-refractivity contribution in [3.05, 3.63) is 41.5 Å².